The van der Waals surface area contributed by atoms with Crippen LogP contribution in [0.5, 0.6) is 0 Å². The summed E-state index contributed by atoms with van der Waals surface area (Å²) in [5.41, 5.74) is 6.18. The molecule has 106 valence electrons. The minimum absolute atomic E-state index is 0.238. The van der Waals surface area contributed by atoms with E-state index in [1.807, 2.05) is 23.5 Å². The molecule has 1 aliphatic rings. The first-order valence-electron chi connectivity index (χ1n) is 5.73. The molecule has 1 aromatic carbocycles. The number of hydrogen-bond acceptors (Lipinski definition) is 5. The van der Waals surface area contributed by atoms with E-state index < -0.39 is 10.0 Å². The highest BCUT2D eigenvalue weighted by molar-refractivity contribution is 9.10. The van der Waals surface area contributed by atoms with Crippen LogP contribution in [0.15, 0.2) is 27.6 Å². The number of sulfonamides is 1. The summed E-state index contributed by atoms with van der Waals surface area (Å²) in [6.45, 7) is 0.474. The third-order valence-electron chi connectivity index (χ3n) is 2.67. The second-order valence-electron chi connectivity index (χ2n) is 4.10. The fourth-order valence-electron chi connectivity index (χ4n) is 1.62. The molecule has 19 heavy (non-hydrogen) atoms. The van der Waals surface area contributed by atoms with E-state index in [4.69, 9.17) is 5.73 Å². The monoisotopic (exact) mass is 382 g/mol. The second-order valence-corrected chi connectivity index (χ2v) is 9.28. The first kappa shape index (κ1) is 15.5. The zero-order valence-corrected chi connectivity index (χ0v) is 14.2. The van der Waals surface area contributed by atoms with E-state index in [1.165, 1.54) is 12.1 Å². The largest absolute Gasteiger partial charge is 0.398 e. The lowest BCUT2D eigenvalue weighted by molar-refractivity contribution is 0.581. The lowest BCUT2D eigenvalue weighted by atomic mass is 10.3. The van der Waals surface area contributed by atoms with E-state index in [-0.39, 0.29) is 4.90 Å². The average molecular weight is 383 g/mol. The lowest BCUT2D eigenvalue weighted by Crippen LogP contribution is -2.33. The third-order valence-corrected chi connectivity index (χ3v) is 7.62. The van der Waals surface area contributed by atoms with E-state index in [0.29, 0.717) is 22.0 Å². The topological polar surface area (TPSA) is 72.2 Å². The number of anilines is 1. The number of halogens is 1. The van der Waals surface area contributed by atoms with Gasteiger partial charge in [0.15, 0.2) is 0 Å². The second kappa shape index (κ2) is 6.71. The van der Waals surface area contributed by atoms with Gasteiger partial charge < -0.3 is 5.73 Å². The number of nitrogens with two attached hydrogens (primary N) is 1. The molecule has 1 aromatic rings. The van der Waals surface area contributed by atoms with Gasteiger partial charge in [-0.2, -0.15) is 23.5 Å². The van der Waals surface area contributed by atoms with Crippen LogP contribution in [-0.2, 0) is 10.0 Å². The van der Waals surface area contributed by atoms with Crippen molar-refractivity contribution in [2.45, 2.75) is 10.1 Å². The van der Waals surface area contributed by atoms with Crippen LogP contribution < -0.4 is 10.5 Å². The van der Waals surface area contributed by atoms with Gasteiger partial charge in [-0.25, -0.2) is 13.1 Å². The Bertz CT molecular complexity index is 545. The number of thioether (sulfide) groups is 2. The van der Waals surface area contributed by atoms with Crippen molar-refractivity contribution in [2.24, 2.45) is 0 Å². The molecule has 2 rings (SSSR count). The maximum absolute atomic E-state index is 12.1. The standard InChI is InChI=1S/C11H15BrN2O2S3/c12-10-5-9(1-2-11(10)13)19(15,16)14-6-8-7-17-3-4-18-8/h1-2,5,8,14H,3-4,6-7,13H2. The van der Waals surface area contributed by atoms with Crippen molar-refractivity contribution in [1.29, 1.82) is 0 Å². The molecule has 3 N–H and O–H groups in total. The van der Waals surface area contributed by atoms with E-state index in [1.54, 1.807) is 6.07 Å². The molecule has 0 spiro atoms. The molecular weight excluding hydrogens is 368 g/mol. The summed E-state index contributed by atoms with van der Waals surface area (Å²) in [4.78, 5) is 0.238. The zero-order valence-electron chi connectivity index (χ0n) is 10.1. The highest BCUT2D eigenvalue weighted by atomic mass is 79.9. The Kier molecular flexibility index (Phi) is 5.47. The first-order chi connectivity index (χ1) is 8.99. The SMILES string of the molecule is Nc1ccc(S(=O)(=O)NCC2CSCCS2)cc1Br. The van der Waals surface area contributed by atoms with E-state index in [9.17, 15) is 8.42 Å². The number of rotatable bonds is 4. The molecular formula is C11H15BrN2O2S3. The van der Waals surface area contributed by atoms with Gasteiger partial charge in [-0.1, -0.05) is 0 Å². The highest BCUT2D eigenvalue weighted by Gasteiger charge is 2.19. The van der Waals surface area contributed by atoms with E-state index in [0.717, 1.165) is 17.3 Å². The minimum Gasteiger partial charge on any atom is -0.398 e. The van der Waals surface area contributed by atoms with Gasteiger partial charge >= 0.3 is 0 Å². The van der Waals surface area contributed by atoms with Crippen LogP contribution in [-0.4, -0.2) is 37.5 Å². The molecule has 0 bridgehead atoms. The van der Waals surface area contributed by atoms with Crippen molar-refractivity contribution in [1.82, 2.24) is 4.72 Å². The Morgan fingerprint density at radius 3 is 2.84 bits per heavy atom. The maximum atomic E-state index is 12.1. The van der Waals surface area contributed by atoms with Crippen LogP contribution in [0.1, 0.15) is 0 Å². The molecule has 1 aliphatic heterocycles. The van der Waals surface area contributed by atoms with Crippen molar-refractivity contribution in [3.05, 3.63) is 22.7 Å². The molecule has 1 saturated heterocycles. The molecule has 4 nitrogen and oxygen atoms in total. The van der Waals surface area contributed by atoms with E-state index >= 15 is 0 Å². The Morgan fingerprint density at radius 1 is 1.42 bits per heavy atom. The molecule has 0 saturated carbocycles. The molecule has 0 radical (unpaired) electrons. The smallest absolute Gasteiger partial charge is 0.240 e. The summed E-state index contributed by atoms with van der Waals surface area (Å²) >= 11 is 6.94. The van der Waals surface area contributed by atoms with Gasteiger partial charge in [0.1, 0.15) is 0 Å². The average Bonchev–Trinajstić information content (AvgIpc) is 2.41. The maximum Gasteiger partial charge on any atom is 0.240 e. The normalized spacial score (nSPS) is 20.4. The summed E-state index contributed by atoms with van der Waals surface area (Å²) in [5, 5.41) is 0.353. The molecule has 0 amide bonds. The van der Waals surface area contributed by atoms with Crippen molar-refractivity contribution in [3.63, 3.8) is 0 Å². The predicted octanol–water partition coefficient (Wildman–Crippen LogP) is 2.16. The van der Waals surface area contributed by atoms with Gasteiger partial charge in [-0.15, -0.1) is 0 Å². The molecule has 1 fully saturated rings. The predicted molar refractivity (Wildman–Crippen MR) is 87.3 cm³/mol. The number of benzene rings is 1. The van der Waals surface area contributed by atoms with Crippen LogP contribution in [0.2, 0.25) is 0 Å². The molecule has 8 heteroatoms. The van der Waals surface area contributed by atoms with Crippen molar-refractivity contribution in [2.75, 3.05) is 29.5 Å². The van der Waals surface area contributed by atoms with Crippen molar-refractivity contribution < 1.29 is 8.42 Å². The minimum atomic E-state index is -3.46. The van der Waals surface area contributed by atoms with Crippen molar-refractivity contribution >= 4 is 55.2 Å². The molecule has 1 atom stereocenters. The number of nitrogen functional groups attached to an aromatic ring is 1. The number of hydrogen-bond donors (Lipinski definition) is 2. The highest BCUT2D eigenvalue weighted by Crippen LogP contribution is 2.25. The van der Waals surface area contributed by atoms with Gasteiger partial charge in [0, 0.05) is 39.2 Å². The Balaban J connectivity index is 2.02. The summed E-state index contributed by atoms with van der Waals surface area (Å²) in [5.74, 6) is 3.24. The fraction of sp³-hybridized carbons (Fsp3) is 0.455. The van der Waals surface area contributed by atoms with E-state index in [2.05, 4.69) is 20.7 Å². The van der Waals surface area contributed by atoms with Gasteiger partial charge in [0.25, 0.3) is 0 Å². The Morgan fingerprint density at radius 2 is 2.21 bits per heavy atom. The quantitative estimate of drug-likeness (QED) is 0.780. The van der Waals surface area contributed by atoms with Crippen molar-refractivity contribution in [3.8, 4) is 0 Å². The Hall–Kier alpha value is 0.110. The fourth-order valence-corrected chi connectivity index (χ4v) is 5.97. The van der Waals surface area contributed by atoms with Crippen LogP contribution in [0, 0.1) is 0 Å². The van der Waals surface area contributed by atoms with Gasteiger partial charge in [-0.05, 0) is 34.1 Å². The summed E-state index contributed by atoms with van der Waals surface area (Å²) < 4.78 is 27.6. The lowest BCUT2D eigenvalue weighted by Gasteiger charge is -2.21. The first-order valence-corrected chi connectivity index (χ1v) is 10.2. The third kappa shape index (κ3) is 4.29. The molecule has 1 unspecified atom stereocenters. The van der Waals surface area contributed by atoms with Crippen LogP contribution in [0.3, 0.4) is 0 Å². The molecule has 1 heterocycles. The Labute approximate surface area is 130 Å². The van der Waals surface area contributed by atoms with Crippen LogP contribution >= 0.6 is 39.5 Å². The zero-order chi connectivity index (χ0) is 13.9. The van der Waals surface area contributed by atoms with Crippen LogP contribution in [0.4, 0.5) is 5.69 Å². The summed E-state index contributed by atoms with van der Waals surface area (Å²) in [6, 6.07) is 4.63. The van der Waals surface area contributed by atoms with Gasteiger partial charge in [0.2, 0.25) is 10.0 Å². The van der Waals surface area contributed by atoms with Gasteiger partial charge in [0.05, 0.1) is 4.90 Å². The molecule has 0 aliphatic carbocycles. The number of nitrogens with one attached hydrogen (secondary N) is 1. The molecule has 0 aromatic heterocycles. The van der Waals surface area contributed by atoms with Crippen LogP contribution in [0.25, 0.3) is 0 Å². The summed E-state index contributed by atoms with van der Waals surface area (Å²) in [6.07, 6.45) is 0. The van der Waals surface area contributed by atoms with Gasteiger partial charge in [-0.3, -0.25) is 0 Å². The summed E-state index contributed by atoms with van der Waals surface area (Å²) in [7, 11) is -3.46.